The minimum absolute atomic E-state index is 0.000842. The molecule has 582 valence electrons. The molecule has 103 heavy (non-hydrogen) atoms. The predicted molar refractivity (Wildman–Crippen MR) is 413 cm³/mol. The van der Waals surface area contributed by atoms with Crippen LogP contribution in [0.5, 0.6) is 23.0 Å². The van der Waals surface area contributed by atoms with Crippen molar-refractivity contribution in [3.05, 3.63) is 44.5 Å². The SMILES string of the molecule is Cc1c(C)c2c(c(C)c1OC(=O)CCC(=O)O[C@H]1C[C@H]3[C@@H]([C@H](OC(=O)CCC(=O)Oc4c(C)c(C)c5c(c4C)CCC(C)(CCCC(C)CCCC(C)CCCC(C)C)O5)C[C@@H]4C[C@H](O)CC[C@@]43C)[C@@H]3CC[C@H]([C@H](C)CCC(=O)O)[C@@]13C)CCC(C)(CCCC(C)CCCC(C)CCCC(C)C)O2. The molecule has 4 aliphatic carbocycles. The number of rotatable bonds is 38. The lowest BCUT2D eigenvalue weighted by Gasteiger charge is -2.64. The van der Waals surface area contributed by atoms with Gasteiger partial charge >= 0.3 is 29.8 Å². The highest BCUT2D eigenvalue weighted by Crippen LogP contribution is 2.69. The fraction of sp³-hybridized carbons (Fsp3) is 0.811. The van der Waals surface area contributed by atoms with Crippen molar-refractivity contribution >= 4 is 29.8 Å². The van der Waals surface area contributed by atoms with Gasteiger partial charge in [0, 0.05) is 28.9 Å². The van der Waals surface area contributed by atoms with E-state index in [1.54, 1.807) is 0 Å². The fourth-order valence-electron chi connectivity index (χ4n) is 20.9. The van der Waals surface area contributed by atoms with E-state index >= 15 is 0 Å². The number of esters is 4. The Morgan fingerprint density at radius 1 is 0.466 bits per heavy atom. The lowest BCUT2D eigenvalue weighted by atomic mass is 9.43. The first-order valence-corrected chi connectivity index (χ1v) is 41.9. The number of fused-ring (bicyclic) bond motifs is 7. The van der Waals surface area contributed by atoms with Gasteiger partial charge in [-0.3, -0.25) is 24.0 Å². The van der Waals surface area contributed by atoms with Crippen molar-refractivity contribution in [3.8, 4) is 23.0 Å². The first-order valence-electron chi connectivity index (χ1n) is 41.9. The molecule has 0 radical (unpaired) electrons. The maximum absolute atomic E-state index is 14.6. The Balaban J connectivity index is 0.883. The van der Waals surface area contributed by atoms with Gasteiger partial charge in [-0.2, -0.15) is 0 Å². The van der Waals surface area contributed by atoms with Gasteiger partial charge in [-0.05, 0) is 262 Å². The van der Waals surface area contributed by atoms with Crippen molar-refractivity contribution in [2.45, 2.75) is 386 Å². The fourth-order valence-corrected chi connectivity index (χ4v) is 20.9. The molecule has 2 heterocycles. The first kappa shape index (κ1) is 84.0. The van der Waals surface area contributed by atoms with Crippen LogP contribution in [-0.2, 0) is 46.3 Å². The van der Waals surface area contributed by atoms with Gasteiger partial charge in [0.25, 0.3) is 0 Å². The van der Waals surface area contributed by atoms with Crippen LogP contribution in [-0.4, -0.2) is 69.6 Å². The first-order chi connectivity index (χ1) is 48.6. The number of hydrogen-bond donors (Lipinski definition) is 2. The summed E-state index contributed by atoms with van der Waals surface area (Å²) >= 11 is 0. The largest absolute Gasteiger partial charge is 0.487 e. The Bertz CT molecular complexity index is 3180. The van der Waals surface area contributed by atoms with Gasteiger partial charge in [0.2, 0.25) is 0 Å². The number of hydrogen-bond acceptors (Lipinski definition) is 12. The number of benzene rings is 2. The highest BCUT2D eigenvalue weighted by Gasteiger charge is 2.68. The van der Waals surface area contributed by atoms with Crippen molar-refractivity contribution in [2.75, 3.05) is 0 Å². The Hall–Kier alpha value is -4.65. The van der Waals surface area contributed by atoms with E-state index in [-0.39, 0.29) is 84.2 Å². The van der Waals surface area contributed by atoms with Gasteiger partial charge in [0.1, 0.15) is 46.4 Å². The monoisotopic (exact) mass is 1430 g/mol. The van der Waals surface area contributed by atoms with Crippen LogP contribution in [0.4, 0.5) is 0 Å². The molecule has 0 amide bonds. The molecule has 4 saturated carbocycles. The van der Waals surface area contributed by atoms with Crippen molar-refractivity contribution < 1.29 is 62.6 Å². The summed E-state index contributed by atoms with van der Waals surface area (Å²) in [6.07, 6.45) is 28.8. The molecule has 0 spiro atoms. The number of aliphatic hydroxyl groups excluding tert-OH is 1. The molecule has 13 nitrogen and oxygen atoms in total. The van der Waals surface area contributed by atoms with Crippen LogP contribution in [0.2, 0.25) is 0 Å². The van der Waals surface area contributed by atoms with Crippen molar-refractivity contribution in [1.29, 1.82) is 0 Å². The second-order valence-corrected chi connectivity index (χ2v) is 37.2. The highest BCUT2D eigenvalue weighted by atomic mass is 16.6. The van der Waals surface area contributed by atoms with E-state index in [0.29, 0.717) is 55.4 Å². The highest BCUT2D eigenvalue weighted by molar-refractivity contribution is 5.81. The second-order valence-electron chi connectivity index (χ2n) is 37.2. The minimum atomic E-state index is -0.854. The van der Waals surface area contributed by atoms with E-state index < -0.39 is 53.6 Å². The van der Waals surface area contributed by atoms with Gasteiger partial charge in [-0.1, -0.05) is 166 Å². The Morgan fingerprint density at radius 3 is 1.34 bits per heavy atom. The number of carbonyl (C=O) groups is 5. The summed E-state index contributed by atoms with van der Waals surface area (Å²) < 4.78 is 39.9. The lowest BCUT2D eigenvalue weighted by Crippen LogP contribution is -2.63. The second kappa shape index (κ2) is 37.0. The number of aliphatic hydroxyl groups is 1. The molecular formula is C90H144O13. The molecular weight excluding hydrogens is 1290 g/mol. The molecule has 4 fully saturated rings. The summed E-state index contributed by atoms with van der Waals surface area (Å²) in [7, 11) is 0. The molecule has 17 atom stereocenters. The van der Waals surface area contributed by atoms with Gasteiger partial charge < -0.3 is 38.6 Å². The normalized spacial score (nSPS) is 28.6. The third-order valence-corrected chi connectivity index (χ3v) is 28.0. The van der Waals surface area contributed by atoms with Crippen LogP contribution >= 0.6 is 0 Å². The molecule has 2 aromatic rings. The number of carbonyl (C=O) groups excluding carboxylic acids is 4. The van der Waals surface area contributed by atoms with Crippen LogP contribution in [0.15, 0.2) is 0 Å². The third-order valence-electron chi connectivity index (χ3n) is 28.0. The van der Waals surface area contributed by atoms with Gasteiger partial charge in [0.15, 0.2) is 0 Å². The third kappa shape index (κ3) is 21.4. The van der Waals surface area contributed by atoms with E-state index in [9.17, 15) is 34.2 Å². The van der Waals surface area contributed by atoms with Crippen LogP contribution < -0.4 is 18.9 Å². The maximum Gasteiger partial charge on any atom is 0.311 e. The summed E-state index contributed by atoms with van der Waals surface area (Å²) in [5.74, 6) is 4.43. The molecule has 2 aromatic carbocycles. The van der Waals surface area contributed by atoms with Crippen LogP contribution in [0, 0.1) is 123 Å². The summed E-state index contributed by atoms with van der Waals surface area (Å²) in [5.41, 5.74) is 6.19. The topological polar surface area (TPSA) is 181 Å². The van der Waals surface area contributed by atoms with Crippen molar-refractivity contribution in [3.63, 3.8) is 0 Å². The Labute approximate surface area is 624 Å². The average Bonchev–Trinajstić information content (AvgIpc) is 1.66. The molecule has 0 bridgehead atoms. The van der Waals surface area contributed by atoms with E-state index in [0.717, 1.165) is 150 Å². The Kier molecular flexibility index (Phi) is 30.1. The molecule has 0 saturated heterocycles. The molecule has 2 aliphatic heterocycles. The molecule has 2 N–H and O–H groups in total. The molecule has 6 aliphatic rings. The summed E-state index contributed by atoms with van der Waals surface area (Å²) in [6, 6.07) is 0. The summed E-state index contributed by atoms with van der Waals surface area (Å²) in [5, 5.41) is 21.2. The smallest absolute Gasteiger partial charge is 0.311 e. The molecule has 13 heteroatoms. The molecule has 8 rings (SSSR count). The molecule has 0 aromatic heterocycles. The van der Waals surface area contributed by atoms with Gasteiger partial charge in [0.05, 0.1) is 31.8 Å². The van der Waals surface area contributed by atoms with Crippen LogP contribution in [0.25, 0.3) is 0 Å². The maximum atomic E-state index is 14.6. The number of ether oxygens (including phenoxy) is 6. The van der Waals surface area contributed by atoms with E-state index in [4.69, 9.17) is 28.4 Å². The average molecular weight is 1430 g/mol. The van der Waals surface area contributed by atoms with Crippen LogP contribution in [0.3, 0.4) is 0 Å². The van der Waals surface area contributed by atoms with Gasteiger partial charge in [-0.15, -0.1) is 0 Å². The number of aliphatic carboxylic acids is 1. The number of carboxylic acids is 1. The van der Waals surface area contributed by atoms with Crippen LogP contribution in [0.1, 0.15) is 346 Å². The Morgan fingerprint density at radius 2 is 0.893 bits per heavy atom. The predicted octanol–water partition coefficient (Wildman–Crippen LogP) is 22.2. The lowest BCUT2D eigenvalue weighted by molar-refractivity contribution is -0.225. The van der Waals surface area contributed by atoms with E-state index in [1.807, 2.05) is 27.7 Å². The van der Waals surface area contributed by atoms with E-state index in [2.05, 4.69) is 104 Å². The zero-order valence-electron chi connectivity index (χ0n) is 68.3. The van der Waals surface area contributed by atoms with Gasteiger partial charge in [-0.25, -0.2) is 0 Å². The van der Waals surface area contributed by atoms with E-state index in [1.165, 1.54) is 89.9 Å². The minimum Gasteiger partial charge on any atom is -0.487 e. The summed E-state index contributed by atoms with van der Waals surface area (Å²) in [4.78, 5) is 69.2. The zero-order chi connectivity index (χ0) is 75.5. The summed E-state index contributed by atoms with van der Waals surface area (Å²) in [6.45, 7) is 42.2. The van der Waals surface area contributed by atoms with Crippen molar-refractivity contribution in [2.24, 2.45) is 81.8 Å². The number of carboxylic acid groups (broad SMARTS) is 1. The van der Waals surface area contributed by atoms with Crippen molar-refractivity contribution in [1.82, 2.24) is 0 Å². The quantitative estimate of drug-likeness (QED) is 0.0479. The molecule has 6 unspecified atom stereocenters. The zero-order valence-corrected chi connectivity index (χ0v) is 68.3. The standard InChI is InChI=1S/C90H144O13/c1-55(2)26-20-28-57(5)30-22-32-59(7)34-24-47-87(16)49-45-70-66(14)83(62(10)64(12)85(70)102-87)100-80(96)42-40-78(94)98-75-53-68-52-69(91)44-51-89(68,18)74-54-76(90(19)72(37-38-73(90)82(74)75)61(9)36-39-77(92)93)99-79(95)41-43-81(97)101-84-63(11)65(13)86-71(67(84)15)46-50-88(17,103-86)48-25-35-60(8)33-23-31-58(6)29-21-27-56(3)4/h55-61,68-69,72-76,82,91H,20-54H2,1-19H3,(H,92,93)/t57?,58?,59?,60?,61-,68+,69-,72-,73+,74+,75-,76+,82+,87?,88?,89+,90-/m1/s1.